The summed E-state index contributed by atoms with van der Waals surface area (Å²) >= 11 is 0. The fraction of sp³-hybridized carbons (Fsp3) is 1.00. The number of rotatable bonds is 10. The Morgan fingerprint density at radius 2 is 1.69 bits per heavy atom. The molecule has 0 rings (SSSR count). The first-order valence-corrected chi connectivity index (χ1v) is 7.47. The molecule has 0 aromatic rings. The van der Waals surface area contributed by atoms with Crippen LogP contribution < -0.4 is 0 Å². The molecule has 0 aliphatic heterocycles. The van der Waals surface area contributed by atoms with Crippen molar-refractivity contribution in [3.8, 4) is 0 Å². The monoisotopic (exact) mass is 251 g/mol. The van der Waals surface area contributed by atoms with Gasteiger partial charge in [-0.3, -0.25) is 4.57 Å². The molecule has 0 radical (unpaired) electrons. The molecule has 16 heavy (non-hydrogen) atoms. The minimum atomic E-state index is -3.35. The molecule has 96 valence electrons. The Bertz CT molecular complexity index is 225. The molecule has 0 fully saturated rings. The maximum absolute atomic E-state index is 12.2. The summed E-state index contributed by atoms with van der Waals surface area (Å²) in [4.78, 5) is 10.7. The fourth-order valence-electron chi connectivity index (χ4n) is 1.41. The highest BCUT2D eigenvalue weighted by Gasteiger charge is 2.36. The van der Waals surface area contributed by atoms with Crippen molar-refractivity contribution in [2.24, 2.45) is 5.18 Å². The van der Waals surface area contributed by atoms with Gasteiger partial charge in [0.05, 0.1) is 13.2 Å². The second-order valence-electron chi connectivity index (χ2n) is 3.46. The van der Waals surface area contributed by atoms with Crippen LogP contribution in [0, 0.1) is 4.91 Å². The van der Waals surface area contributed by atoms with Gasteiger partial charge in [0.25, 0.3) is 0 Å². The van der Waals surface area contributed by atoms with E-state index in [0.717, 1.165) is 19.3 Å². The van der Waals surface area contributed by atoms with Crippen molar-refractivity contribution >= 4 is 7.60 Å². The number of nitrogens with zero attached hydrogens (tertiary/aromatic N) is 1. The zero-order valence-corrected chi connectivity index (χ0v) is 11.2. The van der Waals surface area contributed by atoms with E-state index in [1.54, 1.807) is 13.8 Å². The van der Waals surface area contributed by atoms with Crippen LogP contribution in [0.2, 0.25) is 0 Å². The molecule has 1 unspecified atom stereocenters. The van der Waals surface area contributed by atoms with Crippen molar-refractivity contribution in [2.75, 3.05) is 13.2 Å². The first kappa shape index (κ1) is 15.8. The smallest absolute Gasteiger partial charge is 0.307 e. The number of hydrogen-bond donors (Lipinski definition) is 0. The van der Waals surface area contributed by atoms with Crippen LogP contribution in [-0.2, 0) is 13.6 Å². The van der Waals surface area contributed by atoms with E-state index in [-0.39, 0.29) is 13.2 Å². The molecule has 0 N–H and O–H groups in total. The molecular weight excluding hydrogens is 229 g/mol. The molecule has 0 spiro atoms. The van der Waals surface area contributed by atoms with E-state index in [1.807, 2.05) is 0 Å². The van der Waals surface area contributed by atoms with Gasteiger partial charge in [0.15, 0.2) is 5.78 Å². The van der Waals surface area contributed by atoms with Gasteiger partial charge in [-0.1, -0.05) is 31.4 Å². The average Bonchev–Trinajstić information content (AvgIpc) is 2.25. The molecule has 0 saturated carbocycles. The first-order valence-electron chi connectivity index (χ1n) is 5.85. The van der Waals surface area contributed by atoms with Gasteiger partial charge in [-0.25, -0.2) is 0 Å². The van der Waals surface area contributed by atoms with Gasteiger partial charge in [-0.15, -0.1) is 4.91 Å². The molecular formula is C10H22NO4P. The van der Waals surface area contributed by atoms with Crippen LogP contribution >= 0.6 is 7.60 Å². The van der Waals surface area contributed by atoms with Crippen LogP contribution in [0.5, 0.6) is 0 Å². The number of unbranched alkanes of at least 4 members (excludes halogenated alkanes) is 2. The standard InChI is InChI=1S/C10H22NO4P/c1-4-7-8-9-10(11-12)16(13,14-5-2)15-6-3/h10H,4-9H2,1-3H3. The molecule has 0 aromatic carbocycles. The quantitative estimate of drug-likeness (QED) is 0.335. The lowest BCUT2D eigenvalue weighted by Gasteiger charge is -2.20. The van der Waals surface area contributed by atoms with Crippen LogP contribution in [0.1, 0.15) is 46.5 Å². The molecule has 0 aliphatic rings. The van der Waals surface area contributed by atoms with Crippen molar-refractivity contribution in [3.05, 3.63) is 4.91 Å². The summed E-state index contributed by atoms with van der Waals surface area (Å²) in [6, 6.07) is 0. The number of nitroso groups, excluding NO2 is 1. The van der Waals surface area contributed by atoms with E-state index >= 15 is 0 Å². The normalized spacial score (nSPS) is 13.7. The zero-order valence-electron chi connectivity index (χ0n) is 10.3. The molecule has 0 heterocycles. The van der Waals surface area contributed by atoms with E-state index in [4.69, 9.17) is 9.05 Å². The van der Waals surface area contributed by atoms with E-state index in [0.29, 0.717) is 6.42 Å². The maximum Gasteiger partial charge on any atom is 0.358 e. The van der Waals surface area contributed by atoms with Gasteiger partial charge in [0, 0.05) is 0 Å². The summed E-state index contributed by atoms with van der Waals surface area (Å²) in [5.74, 6) is -0.862. The highest BCUT2D eigenvalue weighted by molar-refractivity contribution is 7.54. The molecule has 0 aromatic heterocycles. The Labute approximate surface area is 97.4 Å². The van der Waals surface area contributed by atoms with Crippen LogP contribution in [0.4, 0.5) is 0 Å². The van der Waals surface area contributed by atoms with E-state index in [9.17, 15) is 9.47 Å². The molecule has 0 amide bonds. The van der Waals surface area contributed by atoms with Crippen molar-refractivity contribution < 1.29 is 13.6 Å². The minimum absolute atomic E-state index is 0.261. The van der Waals surface area contributed by atoms with Crippen molar-refractivity contribution in [1.82, 2.24) is 0 Å². The Balaban J connectivity index is 4.45. The summed E-state index contributed by atoms with van der Waals surface area (Å²) in [5, 5.41) is 2.91. The van der Waals surface area contributed by atoms with Crippen LogP contribution in [0.25, 0.3) is 0 Å². The zero-order chi connectivity index (χ0) is 12.4. The SMILES string of the molecule is CCCCCC(N=O)P(=O)(OCC)OCC. The molecule has 1 atom stereocenters. The minimum Gasteiger partial charge on any atom is -0.307 e. The second kappa shape index (κ2) is 8.85. The van der Waals surface area contributed by atoms with E-state index in [2.05, 4.69) is 12.1 Å². The predicted octanol–water partition coefficient (Wildman–Crippen LogP) is 3.93. The van der Waals surface area contributed by atoms with Gasteiger partial charge in [-0.2, -0.15) is 0 Å². The summed E-state index contributed by atoms with van der Waals surface area (Å²) < 4.78 is 22.4. The first-order chi connectivity index (χ1) is 7.64. The molecule has 0 bridgehead atoms. The van der Waals surface area contributed by atoms with Crippen molar-refractivity contribution in [3.63, 3.8) is 0 Å². The van der Waals surface area contributed by atoms with Gasteiger partial charge >= 0.3 is 7.60 Å². The van der Waals surface area contributed by atoms with Crippen molar-refractivity contribution in [1.29, 1.82) is 0 Å². The third kappa shape index (κ3) is 5.19. The Morgan fingerprint density at radius 3 is 2.06 bits per heavy atom. The molecule has 6 heteroatoms. The highest BCUT2D eigenvalue weighted by Crippen LogP contribution is 2.55. The summed E-state index contributed by atoms with van der Waals surface area (Å²) in [6.45, 7) is 6.03. The fourth-order valence-corrected chi connectivity index (χ4v) is 3.17. The van der Waals surface area contributed by atoms with Gasteiger partial charge in [-0.05, 0) is 20.3 Å². The summed E-state index contributed by atoms with van der Waals surface area (Å²) in [5.41, 5.74) is 0. The lowest BCUT2D eigenvalue weighted by Crippen LogP contribution is -2.11. The average molecular weight is 251 g/mol. The van der Waals surface area contributed by atoms with Gasteiger partial charge < -0.3 is 9.05 Å². The molecule has 0 aliphatic carbocycles. The number of hydrogen-bond acceptors (Lipinski definition) is 5. The lowest BCUT2D eigenvalue weighted by molar-refractivity contribution is 0.210. The molecule has 0 saturated heterocycles. The predicted molar refractivity (Wildman–Crippen MR) is 64.6 cm³/mol. The summed E-state index contributed by atoms with van der Waals surface area (Å²) in [6.07, 6.45) is 3.31. The Kier molecular flexibility index (Phi) is 8.71. The summed E-state index contributed by atoms with van der Waals surface area (Å²) in [7, 11) is -3.35. The Morgan fingerprint density at radius 1 is 1.12 bits per heavy atom. The van der Waals surface area contributed by atoms with Crippen LogP contribution in [0.3, 0.4) is 0 Å². The molecule has 5 nitrogen and oxygen atoms in total. The van der Waals surface area contributed by atoms with Crippen molar-refractivity contribution in [2.45, 2.75) is 52.2 Å². The van der Waals surface area contributed by atoms with Crippen LogP contribution in [0.15, 0.2) is 5.18 Å². The Hall–Kier alpha value is -0.250. The van der Waals surface area contributed by atoms with Crippen LogP contribution in [-0.4, -0.2) is 19.0 Å². The third-order valence-electron chi connectivity index (χ3n) is 2.17. The second-order valence-corrected chi connectivity index (χ2v) is 5.65. The lowest BCUT2D eigenvalue weighted by atomic mass is 10.2. The highest BCUT2D eigenvalue weighted by atomic mass is 31.2. The topological polar surface area (TPSA) is 65.0 Å². The van der Waals surface area contributed by atoms with E-state index < -0.39 is 13.4 Å². The largest absolute Gasteiger partial charge is 0.358 e. The maximum atomic E-state index is 12.2. The van der Waals surface area contributed by atoms with Gasteiger partial charge in [0.1, 0.15) is 0 Å². The van der Waals surface area contributed by atoms with E-state index in [1.165, 1.54) is 0 Å². The van der Waals surface area contributed by atoms with Gasteiger partial charge in [0.2, 0.25) is 0 Å². The third-order valence-corrected chi connectivity index (χ3v) is 4.49.